The topological polar surface area (TPSA) is 87.1 Å². The monoisotopic (exact) mass is 493 g/mol. The van der Waals surface area contributed by atoms with Crippen molar-refractivity contribution in [3.63, 3.8) is 0 Å². The summed E-state index contributed by atoms with van der Waals surface area (Å²) < 4.78 is 6.20. The van der Waals surface area contributed by atoms with Crippen LogP contribution in [0.4, 0.5) is 0 Å². The van der Waals surface area contributed by atoms with Crippen LogP contribution in [0.25, 0.3) is 11.6 Å². The maximum Gasteiger partial charge on any atom is 0.233 e. The molecule has 1 aliphatic carbocycles. The van der Waals surface area contributed by atoms with Crippen molar-refractivity contribution in [1.82, 2.24) is 4.90 Å². The zero-order chi connectivity index (χ0) is 24.7. The number of phenolic OH excluding ortho intramolecular Hbond substituents is 1. The van der Waals surface area contributed by atoms with Gasteiger partial charge in [-0.15, -0.1) is 0 Å². The summed E-state index contributed by atoms with van der Waals surface area (Å²) in [5.41, 5.74) is 4.77. The fourth-order valence-corrected chi connectivity index (χ4v) is 6.07. The molecule has 6 nitrogen and oxygen atoms in total. The molecule has 2 saturated heterocycles. The molecule has 2 aromatic carbocycles. The van der Waals surface area contributed by atoms with Crippen molar-refractivity contribution in [3.05, 3.63) is 75.8 Å². The van der Waals surface area contributed by atoms with Gasteiger partial charge in [-0.05, 0) is 71.4 Å². The van der Waals surface area contributed by atoms with Crippen molar-refractivity contribution in [3.8, 4) is 5.75 Å². The Morgan fingerprint density at radius 1 is 1.14 bits per heavy atom. The van der Waals surface area contributed by atoms with Gasteiger partial charge in [-0.3, -0.25) is 14.5 Å². The lowest BCUT2D eigenvalue weighted by Gasteiger charge is -2.31. The molecule has 2 amide bonds. The Morgan fingerprint density at radius 2 is 1.91 bits per heavy atom. The van der Waals surface area contributed by atoms with E-state index in [4.69, 9.17) is 16.3 Å². The SMILES string of the molecule is CN1C(=O)[C@@H]2[C@@H](CC(CO)=C3[C@@H](CC/C(=C/c4ccc(O)cc4Cl)c4ccccc4)OC[C@@H]32)C1=O. The number of carbonyl (C=O) groups is 2. The molecule has 5 rings (SSSR count). The lowest BCUT2D eigenvalue weighted by atomic mass is 9.69. The van der Waals surface area contributed by atoms with E-state index < -0.39 is 11.8 Å². The van der Waals surface area contributed by atoms with E-state index in [-0.39, 0.29) is 36.2 Å². The molecule has 0 aromatic heterocycles. The summed E-state index contributed by atoms with van der Waals surface area (Å²) >= 11 is 6.38. The van der Waals surface area contributed by atoms with Gasteiger partial charge in [0.15, 0.2) is 0 Å². The second-order valence-corrected chi connectivity index (χ2v) is 9.90. The van der Waals surface area contributed by atoms with Gasteiger partial charge in [0.25, 0.3) is 0 Å². The molecule has 7 heteroatoms. The summed E-state index contributed by atoms with van der Waals surface area (Å²) in [7, 11) is 1.54. The summed E-state index contributed by atoms with van der Waals surface area (Å²) in [5, 5.41) is 20.3. The minimum Gasteiger partial charge on any atom is -0.508 e. The van der Waals surface area contributed by atoms with Gasteiger partial charge >= 0.3 is 0 Å². The van der Waals surface area contributed by atoms with Gasteiger partial charge in [-0.2, -0.15) is 0 Å². The first-order valence-corrected chi connectivity index (χ1v) is 12.3. The van der Waals surface area contributed by atoms with Crippen molar-refractivity contribution in [2.75, 3.05) is 20.3 Å². The number of carbonyl (C=O) groups excluding carboxylic acids is 2. The first-order valence-electron chi connectivity index (χ1n) is 11.9. The van der Waals surface area contributed by atoms with Crippen LogP contribution in [0.1, 0.15) is 30.4 Å². The smallest absolute Gasteiger partial charge is 0.233 e. The number of allylic oxidation sites excluding steroid dienone is 1. The van der Waals surface area contributed by atoms with Gasteiger partial charge in [0.2, 0.25) is 11.8 Å². The second-order valence-electron chi connectivity index (χ2n) is 9.50. The summed E-state index contributed by atoms with van der Waals surface area (Å²) in [6.07, 6.45) is 3.56. The molecule has 2 fully saturated rings. The Labute approximate surface area is 209 Å². The van der Waals surface area contributed by atoms with Gasteiger partial charge in [0, 0.05) is 13.0 Å². The van der Waals surface area contributed by atoms with E-state index in [0.717, 1.165) is 27.8 Å². The van der Waals surface area contributed by atoms with Crippen LogP contribution in [0, 0.1) is 17.8 Å². The number of halogens is 1. The number of likely N-dealkylation sites (tertiary alicyclic amines) is 1. The molecule has 2 heterocycles. The Hall–Kier alpha value is -2.93. The van der Waals surface area contributed by atoms with Gasteiger partial charge in [0.05, 0.1) is 36.2 Å². The number of phenols is 1. The molecular formula is C28H28ClNO5. The number of aliphatic hydroxyl groups excluding tert-OH is 1. The summed E-state index contributed by atoms with van der Waals surface area (Å²) in [4.78, 5) is 26.7. The number of nitrogens with zero attached hydrogens (tertiary/aromatic N) is 1. The molecule has 0 saturated carbocycles. The van der Waals surface area contributed by atoms with E-state index in [9.17, 15) is 19.8 Å². The number of hydrogen-bond acceptors (Lipinski definition) is 5. The number of fused-ring (bicyclic) bond motifs is 3. The molecule has 2 N–H and O–H groups in total. The third kappa shape index (κ3) is 4.31. The highest BCUT2D eigenvalue weighted by atomic mass is 35.5. The molecule has 0 bridgehead atoms. The Kier molecular flexibility index (Phi) is 6.53. The van der Waals surface area contributed by atoms with E-state index in [2.05, 4.69) is 0 Å². The Morgan fingerprint density at radius 3 is 2.63 bits per heavy atom. The van der Waals surface area contributed by atoms with E-state index >= 15 is 0 Å². The van der Waals surface area contributed by atoms with E-state index in [0.29, 0.717) is 30.9 Å². The molecule has 4 atom stereocenters. The molecule has 182 valence electrons. The molecule has 2 aromatic rings. The van der Waals surface area contributed by atoms with Gasteiger partial charge < -0.3 is 14.9 Å². The maximum atomic E-state index is 12.8. The van der Waals surface area contributed by atoms with Crippen molar-refractivity contribution in [1.29, 1.82) is 0 Å². The lowest BCUT2D eigenvalue weighted by Crippen LogP contribution is -2.34. The van der Waals surface area contributed by atoms with Crippen LogP contribution < -0.4 is 0 Å². The average Bonchev–Trinajstić information content (AvgIpc) is 3.38. The predicted molar refractivity (Wildman–Crippen MR) is 133 cm³/mol. The van der Waals surface area contributed by atoms with Crippen molar-refractivity contribution in [2.24, 2.45) is 17.8 Å². The van der Waals surface area contributed by atoms with Crippen LogP contribution in [-0.2, 0) is 14.3 Å². The van der Waals surface area contributed by atoms with Crippen molar-refractivity contribution >= 4 is 35.1 Å². The number of benzene rings is 2. The predicted octanol–water partition coefficient (Wildman–Crippen LogP) is 4.31. The first kappa shape index (κ1) is 23.8. The number of aliphatic hydroxyl groups is 1. The highest BCUT2D eigenvalue weighted by Gasteiger charge is 2.55. The van der Waals surface area contributed by atoms with Crippen LogP contribution in [0.2, 0.25) is 5.02 Å². The quantitative estimate of drug-likeness (QED) is 0.356. The molecule has 0 unspecified atom stereocenters. The number of rotatable bonds is 6. The zero-order valence-corrected chi connectivity index (χ0v) is 20.2. The van der Waals surface area contributed by atoms with Crippen molar-refractivity contribution < 1.29 is 24.5 Å². The first-order chi connectivity index (χ1) is 16.9. The Balaban J connectivity index is 1.43. The highest BCUT2D eigenvalue weighted by molar-refractivity contribution is 6.32. The van der Waals surface area contributed by atoms with Crippen LogP contribution in [0.3, 0.4) is 0 Å². The number of ether oxygens (including phenoxy) is 1. The largest absolute Gasteiger partial charge is 0.508 e. The third-order valence-electron chi connectivity index (χ3n) is 7.55. The van der Waals surface area contributed by atoms with E-state index in [1.807, 2.05) is 36.4 Å². The van der Waals surface area contributed by atoms with Crippen LogP contribution in [0.15, 0.2) is 59.7 Å². The number of imide groups is 1. The average molecular weight is 494 g/mol. The number of amides is 2. The summed E-state index contributed by atoms with van der Waals surface area (Å²) in [6.45, 7) is 0.246. The molecule has 35 heavy (non-hydrogen) atoms. The molecule has 0 radical (unpaired) electrons. The number of hydrogen-bond donors (Lipinski definition) is 2. The Bertz CT molecular complexity index is 1220. The summed E-state index contributed by atoms with van der Waals surface area (Å²) in [6, 6.07) is 14.9. The lowest BCUT2D eigenvalue weighted by molar-refractivity contribution is -0.138. The minimum atomic E-state index is -0.401. The van der Waals surface area contributed by atoms with E-state index in [1.54, 1.807) is 19.2 Å². The second kappa shape index (κ2) is 9.61. The van der Waals surface area contributed by atoms with E-state index in [1.165, 1.54) is 11.0 Å². The van der Waals surface area contributed by atoms with Crippen LogP contribution in [-0.4, -0.2) is 53.3 Å². The van der Waals surface area contributed by atoms with Gasteiger partial charge in [-0.25, -0.2) is 0 Å². The molecular weight excluding hydrogens is 466 g/mol. The molecule has 0 spiro atoms. The minimum absolute atomic E-state index is 0.114. The zero-order valence-electron chi connectivity index (χ0n) is 19.5. The fourth-order valence-electron chi connectivity index (χ4n) is 5.84. The molecule has 3 aliphatic rings. The standard InChI is InChI=1S/C28H28ClNO5/c1-30-27(33)21-12-19(14-31)25-22(26(21)28(30)34)15-35-24(25)10-8-17(16-5-3-2-4-6-16)11-18-7-9-20(32)13-23(18)29/h2-7,9,11,13,21-22,24,26,31-32H,8,10,12,14-15H2,1H3/b17-11-/t21-,22+,24-,26-/m1/s1. The highest BCUT2D eigenvalue weighted by Crippen LogP contribution is 2.49. The normalized spacial score (nSPS) is 26.4. The van der Waals surface area contributed by atoms with Crippen LogP contribution >= 0.6 is 11.6 Å². The van der Waals surface area contributed by atoms with Gasteiger partial charge in [0.1, 0.15) is 5.75 Å². The fraction of sp³-hybridized carbons (Fsp3) is 0.357. The third-order valence-corrected chi connectivity index (χ3v) is 7.88. The van der Waals surface area contributed by atoms with Crippen LogP contribution in [0.5, 0.6) is 5.75 Å². The maximum absolute atomic E-state index is 12.8. The molecule has 2 aliphatic heterocycles. The summed E-state index contributed by atoms with van der Waals surface area (Å²) in [5.74, 6) is -1.16. The van der Waals surface area contributed by atoms with Crippen molar-refractivity contribution in [2.45, 2.75) is 25.4 Å². The van der Waals surface area contributed by atoms with Gasteiger partial charge in [-0.1, -0.05) is 41.9 Å². The number of aromatic hydroxyl groups is 1.